The van der Waals surface area contributed by atoms with E-state index in [1.165, 1.54) is 24.1 Å². The van der Waals surface area contributed by atoms with Crippen LogP contribution in [0.3, 0.4) is 0 Å². The Morgan fingerprint density at radius 2 is 2.03 bits per heavy atom. The molecule has 4 heterocycles. The van der Waals surface area contributed by atoms with Crippen molar-refractivity contribution < 1.29 is 18.7 Å². The van der Waals surface area contributed by atoms with Gasteiger partial charge in [-0.3, -0.25) is 14.2 Å². The first-order valence-electron chi connectivity index (χ1n) is 9.62. The van der Waals surface area contributed by atoms with Crippen LogP contribution in [0.25, 0.3) is 22.1 Å². The maximum atomic E-state index is 13.8. The first kappa shape index (κ1) is 20.0. The first-order valence-corrected chi connectivity index (χ1v) is 9.62. The van der Waals surface area contributed by atoms with E-state index in [9.17, 15) is 18.8 Å². The predicted octanol–water partition coefficient (Wildman–Crippen LogP) is 1.34. The number of alkyl halides is 1. The highest BCUT2D eigenvalue weighted by atomic mass is 19.1. The average Bonchev–Trinajstić information content (AvgIpc) is 2.96. The highest BCUT2D eigenvalue weighted by Gasteiger charge is 2.41. The monoisotopic (exact) mass is 415 g/mol. The van der Waals surface area contributed by atoms with Crippen LogP contribution in [-0.2, 0) is 23.1 Å². The highest BCUT2D eigenvalue weighted by Crippen LogP contribution is 2.26. The van der Waals surface area contributed by atoms with Gasteiger partial charge in [0, 0.05) is 12.4 Å². The molecule has 0 saturated carbocycles. The summed E-state index contributed by atoms with van der Waals surface area (Å²) in [5.74, 6) is -0.465. The zero-order valence-corrected chi connectivity index (χ0v) is 17.2. The number of hydrogen-bond donors (Lipinski definition) is 0. The number of hydrogen-bond acceptors (Lipinski definition) is 6. The van der Waals surface area contributed by atoms with E-state index < -0.39 is 23.1 Å². The molecule has 3 aromatic heterocycles. The van der Waals surface area contributed by atoms with Gasteiger partial charge in [-0.15, -0.1) is 0 Å². The second-order valence-corrected chi connectivity index (χ2v) is 7.78. The van der Waals surface area contributed by atoms with Gasteiger partial charge in [0.25, 0.3) is 5.56 Å². The van der Waals surface area contributed by atoms with Crippen LogP contribution >= 0.6 is 0 Å². The lowest BCUT2D eigenvalue weighted by Crippen LogP contribution is -2.60. The molecule has 0 N–H and O–H groups in total. The van der Waals surface area contributed by atoms with E-state index >= 15 is 0 Å². The van der Waals surface area contributed by atoms with E-state index in [0.717, 1.165) is 10.4 Å². The maximum absolute atomic E-state index is 13.8. The largest absolute Gasteiger partial charge is 0.462 e. The second-order valence-electron chi connectivity index (χ2n) is 7.78. The lowest BCUT2D eigenvalue weighted by atomic mass is 9.99. The number of pyridine rings is 2. The fraction of sp³-hybridized carbons (Fsp3) is 0.450. The Kier molecular flexibility index (Phi) is 4.59. The zero-order valence-electron chi connectivity index (χ0n) is 17.2. The Labute approximate surface area is 171 Å². The van der Waals surface area contributed by atoms with Crippen LogP contribution in [0.5, 0.6) is 0 Å². The topological polar surface area (TPSA) is 99.3 Å². The Morgan fingerprint density at radius 1 is 1.33 bits per heavy atom. The lowest BCUT2D eigenvalue weighted by molar-refractivity contribution is -0.144. The molecule has 0 unspecified atom stereocenters. The van der Waals surface area contributed by atoms with Crippen LogP contribution in [0.1, 0.15) is 30.0 Å². The number of esters is 1. The van der Waals surface area contributed by atoms with Crippen molar-refractivity contribution in [2.45, 2.75) is 33.0 Å². The second kappa shape index (κ2) is 6.89. The third kappa shape index (κ3) is 3.12. The number of aryl methyl sites for hydroxylation is 2. The molecule has 1 fully saturated rings. The summed E-state index contributed by atoms with van der Waals surface area (Å²) in [5.41, 5.74) is -0.755. The van der Waals surface area contributed by atoms with Crippen molar-refractivity contribution in [1.29, 1.82) is 0 Å². The number of imidazole rings is 1. The molecule has 1 saturated heterocycles. The van der Waals surface area contributed by atoms with E-state index in [1.54, 1.807) is 6.92 Å². The first-order chi connectivity index (χ1) is 14.1. The van der Waals surface area contributed by atoms with Gasteiger partial charge >= 0.3 is 5.97 Å². The molecule has 4 rings (SSSR count). The number of nitrogens with zero attached hydrogens (tertiary/aromatic N) is 5. The number of aromatic nitrogens is 4. The van der Waals surface area contributed by atoms with Gasteiger partial charge in [0.05, 0.1) is 31.4 Å². The molecule has 0 bridgehead atoms. The zero-order chi connectivity index (χ0) is 21.8. The molecule has 10 heteroatoms. The van der Waals surface area contributed by atoms with Crippen molar-refractivity contribution in [3.05, 3.63) is 34.0 Å². The molecule has 1 aliphatic heterocycles. The third-order valence-corrected chi connectivity index (χ3v) is 5.35. The predicted molar refractivity (Wildman–Crippen MR) is 107 cm³/mol. The van der Waals surface area contributed by atoms with Gasteiger partial charge < -0.3 is 14.2 Å². The van der Waals surface area contributed by atoms with Gasteiger partial charge in [-0.25, -0.2) is 19.2 Å². The molecule has 0 atom stereocenters. The number of rotatable bonds is 4. The summed E-state index contributed by atoms with van der Waals surface area (Å²) in [4.78, 5) is 48.3. The summed E-state index contributed by atoms with van der Waals surface area (Å²) in [6, 6.07) is 1.44. The number of carbonyl (C=O) groups excluding carboxylic acids is 2. The number of amides is 1. The summed E-state index contributed by atoms with van der Waals surface area (Å²) in [5, 5.41) is 0.505. The maximum Gasteiger partial charge on any atom is 0.343 e. The number of ether oxygens (including phenoxy) is 1. The van der Waals surface area contributed by atoms with Crippen molar-refractivity contribution in [3.63, 3.8) is 0 Å². The SMILES string of the molecule is CCOC(=O)c1cc2c3c(cnc2n(CC(=O)N2CC(C)(F)C2)c1=O)nc(C)n3C. The molecule has 9 nitrogen and oxygen atoms in total. The molecule has 0 spiro atoms. The van der Waals surface area contributed by atoms with Crippen molar-refractivity contribution in [3.8, 4) is 0 Å². The van der Waals surface area contributed by atoms with E-state index in [0.29, 0.717) is 16.4 Å². The van der Waals surface area contributed by atoms with Gasteiger partial charge in [-0.1, -0.05) is 0 Å². The molecular weight excluding hydrogens is 393 g/mol. The molecule has 30 heavy (non-hydrogen) atoms. The van der Waals surface area contributed by atoms with Crippen LogP contribution in [0.2, 0.25) is 0 Å². The molecule has 3 aromatic rings. The molecule has 1 aliphatic rings. The number of halogens is 1. The summed E-state index contributed by atoms with van der Waals surface area (Å²) in [6.45, 7) is 4.57. The summed E-state index contributed by atoms with van der Waals surface area (Å²) >= 11 is 0. The van der Waals surface area contributed by atoms with Crippen molar-refractivity contribution in [1.82, 2.24) is 24.0 Å². The van der Waals surface area contributed by atoms with E-state index in [-0.39, 0.29) is 37.5 Å². The Hall–Kier alpha value is -3.30. The summed E-state index contributed by atoms with van der Waals surface area (Å²) in [7, 11) is 1.82. The Morgan fingerprint density at radius 3 is 2.67 bits per heavy atom. The number of likely N-dealkylation sites (tertiary alicyclic amines) is 1. The van der Waals surface area contributed by atoms with Crippen molar-refractivity contribution >= 4 is 33.9 Å². The van der Waals surface area contributed by atoms with Gasteiger partial charge in [0.15, 0.2) is 0 Å². The minimum Gasteiger partial charge on any atom is -0.462 e. The molecular formula is C20H22FN5O4. The molecule has 158 valence electrons. The lowest BCUT2D eigenvalue weighted by Gasteiger charge is -2.42. The summed E-state index contributed by atoms with van der Waals surface area (Å²) < 4.78 is 21.8. The van der Waals surface area contributed by atoms with Crippen LogP contribution in [-0.4, -0.2) is 61.2 Å². The van der Waals surface area contributed by atoms with Gasteiger partial charge in [-0.2, -0.15) is 0 Å². The molecule has 0 radical (unpaired) electrons. The van der Waals surface area contributed by atoms with Crippen LogP contribution in [0.4, 0.5) is 4.39 Å². The minimum atomic E-state index is -1.42. The smallest absolute Gasteiger partial charge is 0.343 e. The fourth-order valence-corrected chi connectivity index (χ4v) is 3.80. The van der Waals surface area contributed by atoms with E-state index in [1.807, 2.05) is 18.5 Å². The summed E-state index contributed by atoms with van der Waals surface area (Å²) in [6.07, 6.45) is 1.53. The molecule has 0 aromatic carbocycles. The van der Waals surface area contributed by atoms with Gasteiger partial charge in [-0.05, 0) is 26.8 Å². The normalized spacial score (nSPS) is 15.4. The fourth-order valence-electron chi connectivity index (χ4n) is 3.80. The van der Waals surface area contributed by atoms with Crippen LogP contribution in [0.15, 0.2) is 17.1 Å². The minimum absolute atomic E-state index is 0.0331. The highest BCUT2D eigenvalue weighted by molar-refractivity contribution is 6.04. The molecule has 0 aliphatic carbocycles. The van der Waals surface area contributed by atoms with Gasteiger partial charge in [0.1, 0.15) is 34.8 Å². The number of fused-ring (bicyclic) bond motifs is 3. The van der Waals surface area contributed by atoms with Crippen molar-refractivity contribution in [2.24, 2.45) is 7.05 Å². The quantitative estimate of drug-likeness (QED) is 0.597. The Bertz CT molecular complexity index is 1250. The average molecular weight is 415 g/mol. The van der Waals surface area contributed by atoms with Crippen LogP contribution in [0, 0.1) is 6.92 Å². The standard InChI is InChI=1S/C20H22FN5O4/c1-5-30-19(29)13-6-12-16-14(23-11(2)24(16)4)7-22-17(12)26(18(13)28)8-15(27)25-9-20(3,21)10-25/h6-7H,5,8-10H2,1-4H3. The Balaban J connectivity index is 1.91. The van der Waals surface area contributed by atoms with E-state index in [2.05, 4.69) is 9.97 Å². The van der Waals surface area contributed by atoms with Crippen LogP contribution < -0.4 is 5.56 Å². The van der Waals surface area contributed by atoms with E-state index in [4.69, 9.17) is 4.74 Å². The number of carbonyl (C=O) groups is 2. The van der Waals surface area contributed by atoms with Crippen molar-refractivity contribution in [2.75, 3.05) is 19.7 Å². The van der Waals surface area contributed by atoms with Gasteiger partial charge in [0.2, 0.25) is 5.91 Å². The third-order valence-electron chi connectivity index (χ3n) is 5.35. The molecule has 1 amide bonds.